The van der Waals surface area contributed by atoms with Gasteiger partial charge in [-0.25, -0.2) is 0 Å². The number of rotatable bonds is 4. The zero-order chi connectivity index (χ0) is 13.1. The number of hydrogen-bond donors (Lipinski definition) is 1. The third-order valence-electron chi connectivity index (χ3n) is 4.08. The summed E-state index contributed by atoms with van der Waals surface area (Å²) in [5, 5.41) is 3.30. The van der Waals surface area contributed by atoms with Crippen molar-refractivity contribution in [3.63, 3.8) is 0 Å². The summed E-state index contributed by atoms with van der Waals surface area (Å²) < 4.78 is 0. The summed E-state index contributed by atoms with van der Waals surface area (Å²) in [6.07, 6.45) is 1.33. The Labute approximate surface area is 111 Å². The molecule has 1 aliphatic heterocycles. The number of aryl methyl sites for hydroxylation is 2. The van der Waals surface area contributed by atoms with Gasteiger partial charge in [0, 0.05) is 12.6 Å². The lowest BCUT2D eigenvalue weighted by Crippen LogP contribution is -2.27. The Kier molecular flexibility index (Phi) is 4.41. The van der Waals surface area contributed by atoms with Gasteiger partial charge in [-0.3, -0.25) is 4.90 Å². The fourth-order valence-electron chi connectivity index (χ4n) is 3.13. The average Bonchev–Trinajstić information content (AvgIpc) is 2.76. The summed E-state index contributed by atoms with van der Waals surface area (Å²) in [5.41, 5.74) is 4.23. The molecule has 1 aromatic carbocycles. The minimum atomic E-state index is 0.547. The van der Waals surface area contributed by atoms with Gasteiger partial charge in [0.15, 0.2) is 0 Å². The normalized spacial score (nSPS) is 22.3. The van der Waals surface area contributed by atoms with Crippen LogP contribution in [0, 0.1) is 19.8 Å². The van der Waals surface area contributed by atoms with Crippen LogP contribution < -0.4 is 5.32 Å². The molecule has 0 aromatic heterocycles. The molecule has 1 fully saturated rings. The summed E-state index contributed by atoms with van der Waals surface area (Å²) in [6, 6.07) is 7.47. The predicted octanol–water partition coefficient (Wildman–Crippen LogP) is 2.91. The molecule has 2 heteroatoms. The van der Waals surface area contributed by atoms with E-state index in [0.717, 1.165) is 12.5 Å². The molecule has 1 aliphatic rings. The minimum absolute atomic E-state index is 0.547. The van der Waals surface area contributed by atoms with Crippen molar-refractivity contribution in [1.29, 1.82) is 0 Å². The molecule has 1 N–H and O–H groups in total. The topological polar surface area (TPSA) is 15.3 Å². The van der Waals surface area contributed by atoms with Gasteiger partial charge < -0.3 is 5.32 Å². The molecule has 2 rings (SSSR count). The molecule has 0 bridgehead atoms. The number of nitrogens with one attached hydrogen (secondary N) is 1. The van der Waals surface area contributed by atoms with E-state index in [4.69, 9.17) is 0 Å². The first-order valence-corrected chi connectivity index (χ1v) is 7.07. The van der Waals surface area contributed by atoms with Gasteiger partial charge in [-0.15, -0.1) is 0 Å². The third-order valence-corrected chi connectivity index (χ3v) is 4.08. The summed E-state index contributed by atoms with van der Waals surface area (Å²) in [6.45, 7) is 10.3. The summed E-state index contributed by atoms with van der Waals surface area (Å²) in [5.74, 6) is 0.823. The molecule has 1 heterocycles. The van der Waals surface area contributed by atoms with Crippen LogP contribution in [0.2, 0.25) is 0 Å². The van der Waals surface area contributed by atoms with E-state index < -0.39 is 0 Å². The van der Waals surface area contributed by atoms with Crippen LogP contribution in [0.5, 0.6) is 0 Å². The van der Waals surface area contributed by atoms with Crippen molar-refractivity contribution < 1.29 is 0 Å². The summed E-state index contributed by atoms with van der Waals surface area (Å²) in [4.78, 5) is 2.62. The lowest BCUT2D eigenvalue weighted by molar-refractivity contribution is 0.252. The van der Waals surface area contributed by atoms with Gasteiger partial charge in [-0.05, 0) is 58.8 Å². The van der Waals surface area contributed by atoms with Crippen LogP contribution in [-0.4, -0.2) is 31.6 Å². The fraction of sp³-hybridized carbons (Fsp3) is 0.625. The minimum Gasteiger partial charge on any atom is -0.319 e. The molecule has 0 spiro atoms. The Morgan fingerprint density at radius 3 is 2.56 bits per heavy atom. The van der Waals surface area contributed by atoms with Gasteiger partial charge in [0.2, 0.25) is 0 Å². The molecular weight excluding hydrogens is 220 g/mol. The second-order valence-corrected chi connectivity index (χ2v) is 5.80. The lowest BCUT2D eigenvalue weighted by Gasteiger charge is -2.25. The van der Waals surface area contributed by atoms with Gasteiger partial charge in [0.25, 0.3) is 0 Å². The van der Waals surface area contributed by atoms with Gasteiger partial charge in [-0.1, -0.05) is 29.3 Å². The highest BCUT2D eigenvalue weighted by atomic mass is 15.2. The molecule has 0 saturated carbocycles. The highest BCUT2D eigenvalue weighted by molar-refractivity contribution is 5.30. The van der Waals surface area contributed by atoms with Crippen molar-refractivity contribution in [2.45, 2.75) is 33.2 Å². The van der Waals surface area contributed by atoms with Gasteiger partial charge in [-0.2, -0.15) is 0 Å². The number of benzene rings is 1. The van der Waals surface area contributed by atoms with Crippen LogP contribution in [0.4, 0.5) is 0 Å². The monoisotopic (exact) mass is 246 g/mol. The Morgan fingerprint density at radius 2 is 1.94 bits per heavy atom. The first-order valence-electron chi connectivity index (χ1n) is 7.07. The number of nitrogens with zero attached hydrogens (tertiary/aromatic N) is 1. The second-order valence-electron chi connectivity index (χ2n) is 5.80. The van der Waals surface area contributed by atoms with Gasteiger partial charge >= 0.3 is 0 Å². The first-order chi connectivity index (χ1) is 8.60. The molecule has 1 saturated heterocycles. The van der Waals surface area contributed by atoms with E-state index in [-0.39, 0.29) is 0 Å². The quantitative estimate of drug-likeness (QED) is 0.879. The van der Waals surface area contributed by atoms with Crippen molar-refractivity contribution >= 4 is 0 Å². The average molecular weight is 246 g/mol. The Balaban J connectivity index is 2.05. The molecule has 0 amide bonds. The smallest absolute Gasteiger partial charge is 0.0320 e. The van der Waals surface area contributed by atoms with E-state index in [2.05, 4.69) is 56.2 Å². The maximum absolute atomic E-state index is 3.30. The maximum Gasteiger partial charge on any atom is 0.0320 e. The fourth-order valence-corrected chi connectivity index (χ4v) is 3.13. The standard InChI is InChI=1S/C16H26N2/c1-12-7-13(2)9-16(8-12)14(3)18-6-5-15(11-18)10-17-4/h7-9,14-15,17H,5-6,10-11H2,1-4H3. The lowest BCUT2D eigenvalue weighted by atomic mass is 10.0. The van der Waals surface area contributed by atoms with E-state index in [0.29, 0.717) is 6.04 Å². The van der Waals surface area contributed by atoms with E-state index in [1.165, 1.54) is 36.2 Å². The molecule has 0 aliphatic carbocycles. The molecule has 18 heavy (non-hydrogen) atoms. The SMILES string of the molecule is CNCC1CCN(C(C)c2cc(C)cc(C)c2)C1. The van der Waals surface area contributed by atoms with Crippen molar-refractivity contribution in [1.82, 2.24) is 10.2 Å². The van der Waals surface area contributed by atoms with Crippen LogP contribution in [0.15, 0.2) is 18.2 Å². The van der Waals surface area contributed by atoms with E-state index in [1.807, 2.05) is 0 Å². The summed E-state index contributed by atoms with van der Waals surface area (Å²) >= 11 is 0. The molecule has 2 unspecified atom stereocenters. The molecular formula is C16H26N2. The van der Waals surface area contributed by atoms with Crippen molar-refractivity contribution in [3.8, 4) is 0 Å². The maximum atomic E-state index is 3.30. The van der Waals surface area contributed by atoms with E-state index in [1.54, 1.807) is 0 Å². The molecule has 0 radical (unpaired) electrons. The predicted molar refractivity (Wildman–Crippen MR) is 77.9 cm³/mol. The number of likely N-dealkylation sites (tertiary alicyclic amines) is 1. The second kappa shape index (κ2) is 5.85. The molecule has 2 atom stereocenters. The first kappa shape index (κ1) is 13.6. The van der Waals surface area contributed by atoms with Crippen molar-refractivity contribution in [2.24, 2.45) is 5.92 Å². The van der Waals surface area contributed by atoms with Crippen LogP contribution in [0.1, 0.15) is 36.1 Å². The number of hydrogen-bond acceptors (Lipinski definition) is 2. The van der Waals surface area contributed by atoms with Crippen LogP contribution in [0.25, 0.3) is 0 Å². The van der Waals surface area contributed by atoms with Crippen LogP contribution in [0.3, 0.4) is 0 Å². The molecule has 2 nitrogen and oxygen atoms in total. The molecule has 100 valence electrons. The van der Waals surface area contributed by atoms with Gasteiger partial charge in [0.05, 0.1) is 0 Å². The zero-order valence-corrected chi connectivity index (χ0v) is 12.2. The third kappa shape index (κ3) is 3.12. The largest absolute Gasteiger partial charge is 0.319 e. The van der Waals surface area contributed by atoms with E-state index >= 15 is 0 Å². The van der Waals surface area contributed by atoms with Gasteiger partial charge in [0.1, 0.15) is 0 Å². The summed E-state index contributed by atoms with van der Waals surface area (Å²) in [7, 11) is 2.05. The van der Waals surface area contributed by atoms with Crippen LogP contribution >= 0.6 is 0 Å². The highest BCUT2D eigenvalue weighted by Crippen LogP contribution is 2.28. The molecule has 1 aromatic rings. The Bertz CT molecular complexity index is 380. The van der Waals surface area contributed by atoms with Crippen LogP contribution in [-0.2, 0) is 0 Å². The Hall–Kier alpha value is -0.860. The van der Waals surface area contributed by atoms with Crippen molar-refractivity contribution in [2.75, 3.05) is 26.7 Å². The zero-order valence-electron chi connectivity index (χ0n) is 12.2. The van der Waals surface area contributed by atoms with E-state index in [9.17, 15) is 0 Å². The highest BCUT2D eigenvalue weighted by Gasteiger charge is 2.26. The van der Waals surface area contributed by atoms with Crippen molar-refractivity contribution in [3.05, 3.63) is 34.9 Å². The Morgan fingerprint density at radius 1 is 1.28 bits per heavy atom.